The fourth-order valence-corrected chi connectivity index (χ4v) is 2.68. The zero-order valence-corrected chi connectivity index (χ0v) is 9.54. The second-order valence-corrected chi connectivity index (χ2v) is 5.30. The third kappa shape index (κ3) is 2.51. The van der Waals surface area contributed by atoms with Crippen molar-refractivity contribution in [3.63, 3.8) is 0 Å². The molecule has 0 aromatic rings. The Labute approximate surface area is 91.5 Å². The molecule has 0 aromatic carbocycles. The summed E-state index contributed by atoms with van der Waals surface area (Å²) in [6, 6.07) is 0. The molecule has 2 fully saturated rings. The maximum atomic E-state index is 12.1. The molecule has 1 aliphatic heterocycles. The standard InChI is InChI=1S/C12H21NO2/c1-12(15)6-4-10(5-7-12)11(14)13-8-2-3-9-13/h10,15H,2-9H2,1H3/t10-,12+. The van der Waals surface area contributed by atoms with Crippen LogP contribution in [0.3, 0.4) is 0 Å². The van der Waals surface area contributed by atoms with Gasteiger partial charge in [0, 0.05) is 19.0 Å². The molecule has 1 heterocycles. The molecular formula is C12H21NO2. The summed E-state index contributed by atoms with van der Waals surface area (Å²) in [5.74, 6) is 0.520. The van der Waals surface area contributed by atoms with Crippen LogP contribution in [0.4, 0.5) is 0 Å². The van der Waals surface area contributed by atoms with E-state index in [1.807, 2.05) is 11.8 Å². The first-order chi connectivity index (χ1) is 7.08. The van der Waals surface area contributed by atoms with Crippen LogP contribution in [0.2, 0.25) is 0 Å². The Balaban J connectivity index is 1.87. The molecule has 1 amide bonds. The number of carbonyl (C=O) groups excluding carboxylic acids is 1. The Bertz CT molecular complexity index is 234. The largest absolute Gasteiger partial charge is 0.390 e. The van der Waals surface area contributed by atoms with E-state index < -0.39 is 5.60 Å². The van der Waals surface area contributed by atoms with Crippen LogP contribution in [-0.4, -0.2) is 34.6 Å². The highest BCUT2D eigenvalue weighted by molar-refractivity contribution is 5.79. The summed E-state index contributed by atoms with van der Waals surface area (Å²) in [6.07, 6.45) is 5.60. The highest BCUT2D eigenvalue weighted by Gasteiger charge is 2.34. The number of aliphatic hydroxyl groups is 1. The molecule has 0 radical (unpaired) electrons. The van der Waals surface area contributed by atoms with Gasteiger partial charge < -0.3 is 10.0 Å². The Morgan fingerprint density at radius 2 is 1.80 bits per heavy atom. The van der Waals surface area contributed by atoms with E-state index in [1.54, 1.807) is 0 Å². The summed E-state index contributed by atoms with van der Waals surface area (Å²) >= 11 is 0. The summed E-state index contributed by atoms with van der Waals surface area (Å²) in [5, 5.41) is 9.81. The number of carbonyl (C=O) groups is 1. The van der Waals surface area contributed by atoms with E-state index in [2.05, 4.69) is 0 Å². The molecule has 1 aliphatic carbocycles. The molecule has 3 nitrogen and oxygen atoms in total. The Hall–Kier alpha value is -0.570. The summed E-state index contributed by atoms with van der Waals surface area (Å²) in [7, 11) is 0. The SMILES string of the molecule is C[C@]1(O)CC[C@@H](C(=O)N2CCCC2)CC1. The molecule has 1 saturated heterocycles. The molecule has 3 heteroatoms. The molecule has 86 valence electrons. The van der Waals surface area contributed by atoms with Crippen LogP contribution in [0.1, 0.15) is 45.4 Å². The number of amides is 1. The lowest BCUT2D eigenvalue weighted by Crippen LogP contribution is -2.39. The van der Waals surface area contributed by atoms with Gasteiger partial charge in [0.15, 0.2) is 0 Å². The fraction of sp³-hybridized carbons (Fsp3) is 0.917. The Kier molecular flexibility index (Phi) is 3.01. The average molecular weight is 211 g/mol. The summed E-state index contributed by atoms with van der Waals surface area (Å²) < 4.78 is 0. The Morgan fingerprint density at radius 3 is 2.33 bits per heavy atom. The number of hydrogen-bond acceptors (Lipinski definition) is 2. The van der Waals surface area contributed by atoms with Crippen LogP contribution in [-0.2, 0) is 4.79 Å². The minimum absolute atomic E-state index is 0.184. The first-order valence-corrected chi connectivity index (χ1v) is 6.10. The van der Waals surface area contributed by atoms with Crippen molar-refractivity contribution in [2.24, 2.45) is 5.92 Å². The predicted molar refractivity (Wildman–Crippen MR) is 58.4 cm³/mol. The van der Waals surface area contributed by atoms with Crippen molar-refractivity contribution in [3.05, 3.63) is 0 Å². The van der Waals surface area contributed by atoms with E-state index >= 15 is 0 Å². The molecule has 0 aromatic heterocycles. The number of nitrogens with zero attached hydrogens (tertiary/aromatic N) is 1. The maximum Gasteiger partial charge on any atom is 0.225 e. The topological polar surface area (TPSA) is 40.5 Å². The van der Waals surface area contributed by atoms with Crippen LogP contribution in [0, 0.1) is 5.92 Å². The van der Waals surface area contributed by atoms with E-state index in [0.29, 0.717) is 5.91 Å². The van der Waals surface area contributed by atoms with Gasteiger partial charge in [0.25, 0.3) is 0 Å². The van der Waals surface area contributed by atoms with E-state index in [4.69, 9.17) is 0 Å². The zero-order valence-electron chi connectivity index (χ0n) is 9.54. The summed E-state index contributed by atoms with van der Waals surface area (Å²) in [5.41, 5.74) is -0.526. The summed E-state index contributed by atoms with van der Waals surface area (Å²) in [4.78, 5) is 14.1. The molecule has 0 unspecified atom stereocenters. The van der Waals surface area contributed by atoms with Crippen molar-refractivity contribution in [1.29, 1.82) is 0 Å². The minimum atomic E-state index is -0.526. The van der Waals surface area contributed by atoms with Gasteiger partial charge >= 0.3 is 0 Å². The van der Waals surface area contributed by atoms with Crippen molar-refractivity contribution in [2.75, 3.05) is 13.1 Å². The van der Waals surface area contributed by atoms with E-state index in [9.17, 15) is 9.90 Å². The van der Waals surface area contributed by atoms with Gasteiger partial charge in [-0.3, -0.25) is 4.79 Å². The Morgan fingerprint density at radius 1 is 1.27 bits per heavy atom. The van der Waals surface area contributed by atoms with Crippen LogP contribution < -0.4 is 0 Å². The van der Waals surface area contributed by atoms with Crippen molar-refractivity contribution >= 4 is 5.91 Å². The average Bonchev–Trinajstić information content (AvgIpc) is 2.69. The normalized spacial score (nSPS) is 36.9. The molecule has 0 atom stereocenters. The van der Waals surface area contributed by atoms with Gasteiger partial charge in [-0.2, -0.15) is 0 Å². The van der Waals surface area contributed by atoms with Gasteiger partial charge in [0.05, 0.1) is 5.60 Å². The van der Waals surface area contributed by atoms with Crippen molar-refractivity contribution in [2.45, 2.75) is 51.0 Å². The third-order valence-electron chi connectivity index (χ3n) is 3.83. The lowest BCUT2D eigenvalue weighted by Gasteiger charge is -2.34. The third-order valence-corrected chi connectivity index (χ3v) is 3.83. The molecule has 1 saturated carbocycles. The highest BCUT2D eigenvalue weighted by Crippen LogP contribution is 2.33. The van der Waals surface area contributed by atoms with Crippen LogP contribution >= 0.6 is 0 Å². The number of hydrogen-bond donors (Lipinski definition) is 1. The smallest absolute Gasteiger partial charge is 0.225 e. The quantitative estimate of drug-likeness (QED) is 0.715. The van der Waals surface area contributed by atoms with E-state index in [0.717, 1.165) is 51.6 Å². The van der Waals surface area contributed by atoms with Gasteiger partial charge in [-0.1, -0.05) is 0 Å². The van der Waals surface area contributed by atoms with Crippen molar-refractivity contribution < 1.29 is 9.90 Å². The lowest BCUT2D eigenvalue weighted by atomic mass is 9.79. The zero-order chi connectivity index (χ0) is 10.9. The molecule has 2 rings (SSSR count). The van der Waals surface area contributed by atoms with Crippen LogP contribution in [0.15, 0.2) is 0 Å². The monoisotopic (exact) mass is 211 g/mol. The van der Waals surface area contributed by atoms with E-state index in [1.165, 1.54) is 0 Å². The van der Waals surface area contributed by atoms with Crippen molar-refractivity contribution in [3.8, 4) is 0 Å². The fourth-order valence-electron chi connectivity index (χ4n) is 2.68. The molecule has 2 aliphatic rings. The first-order valence-electron chi connectivity index (χ1n) is 6.10. The van der Waals surface area contributed by atoms with Crippen LogP contribution in [0.25, 0.3) is 0 Å². The van der Waals surface area contributed by atoms with Gasteiger partial charge in [0.2, 0.25) is 5.91 Å². The lowest BCUT2D eigenvalue weighted by molar-refractivity contribution is -0.137. The number of rotatable bonds is 1. The highest BCUT2D eigenvalue weighted by atomic mass is 16.3. The molecule has 1 N–H and O–H groups in total. The predicted octanol–water partition coefficient (Wildman–Crippen LogP) is 1.55. The molecule has 0 bridgehead atoms. The summed E-state index contributed by atoms with van der Waals surface area (Å²) in [6.45, 7) is 3.78. The molecule has 0 spiro atoms. The molecule has 15 heavy (non-hydrogen) atoms. The number of likely N-dealkylation sites (tertiary alicyclic amines) is 1. The van der Waals surface area contributed by atoms with Gasteiger partial charge in [-0.25, -0.2) is 0 Å². The van der Waals surface area contributed by atoms with Gasteiger partial charge in [-0.15, -0.1) is 0 Å². The maximum absolute atomic E-state index is 12.1. The molecular weight excluding hydrogens is 190 g/mol. The minimum Gasteiger partial charge on any atom is -0.390 e. The second-order valence-electron chi connectivity index (χ2n) is 5.30. The second kappa shape index (κ2) is 4.12. The van der Waals surface area contributed by atoms with Gasteiger partial charge in [-0.05, 0) is 45.4 Å². The van der Waals surface area contributed by atoms with E-state index in [-0.39, 0.29) is 5.92 Å². The first kappa shape index (κ1) is 10.9. The van der Waals surface area contributed by atoms with Gasteiger partial charge in [0.1, 0.15) is 0 Å². The van der Waals surface area contributed by atoms with Crippen molar-refractivity contribution in [1.82, 2.24) is 4.90 Å². The van der Waals surface area contributed by atoms with Crippen LogP contribution in [0.5, 0.6) is 0 Å².